The van der Waals surface area contributed by atoms with Gasteiger partial charge in [-0.15, -0.1) is 0 Å². The average Bonchev–Trinajstić information content (AvgIpc) is 2.77. The van der Waals surface area contributed by atoms with Crippen molar-refractivity contribution in [2.75, 3.05) is 11.5 Å². The molecule has 0 aromatic heterocycles. The topological polar surface area (TPSA) is 34.1 Å². The first kappa shape index (κ1) is 21.8. The third-order valence-corrected chi connectivity index (χ3v) is 7.23. The molecule has 2 nitrogen and oxygen atoms in total. The monoisotopic (exact) mass is 408 g/mol. The van der Waals surface area contributed by atoms with E-state index in [1.165, 1.54) is 12.8 Å². The molecule has 0 aliphatic heterocycles. The zero-order chi connectivity index (χ0) is 20.5. The molecule has 0 saturated heterocycles. The molecular weight excluding hydrogens is 376 g/mol. The zero-order valence-electron chi connectivity index (χ0n) is 17.4. The van der Waals surface area contributed by atoms with Crippen LogP contribution in [0.2, 0.25) is 0 Å². The van der Waals surface area contributed by atoms with Crippen molar-refractivity contribution in [3.05, 3.63) is 71.8 Å². The summed E-state index contributed by atoms with van der Waals surface area (Å²) in [5.74, 6) is 2.66. The first-order valence-corrected chi connectivity index (χ1v) is 12.1. The Bertz CT molecular complexity index is 772. The molecule has 1 saturated carbocycles. The number of Topliss-reactive ketones (excluding diaryl/α,β-unsaturated/α-hetero) is 2. The first-order chi connectivity index (χ1) is 14.2. The van der Waals surface area contributed by atoms with Gasteiger partial charge in [-0.2, -0.15) is 11.8 Å². The van der Waals surface area contributed by atoms with Crippen molar-refractivity contribution < 1.29 is 9.59 Å². The van der Waals surface area contributed by atoms with Gasteiger partial charge < -0.3 is 0 Å². The van der Waals surface area contributed by atoms with Crippen LogP contribution in [0.1, 0.15) is 67.3 Å². The minimum absolute atomic E-state index is 0.0279. The Morgan fingerprint density at radius 1 is 1.03 bits per heavy atom. The molecule has 1 aliphatic carbocycles. The molecule has 3 unspecified atom stereocenters. The maximum Gasteiger partial charge on any atom is 0.163 e. The van der Waals surface area contributed by atoms with Gasteiger partial charge in [-0.25, -0.2) is 0 Å². The van der Waals surface area contributed by atoms with E-state index in [0.717, 1.165) is 41.9 Å². The van der Waals surface area contributed by atoms with Gasteiger partial charge in [0.2, 0.25) is 0 Å². The molecule has 3 rings (SSSR count). The van der Waals surface area contributed by atoms with E-state index >= 15 is 0 Å². The third-order valence-electron chi connectivity index (χ3n) is 6.01. The molecule has 29 heavy (non-hydrogen) atoms. The summed E-state index contributed by atoms with van der Waals surface area (Å²) in [4.78, 5) is 26.4. The van der Waals surface area contributed by atoms with Crippen LogP contribution in [0.15, 0.2) is 60.7 Å². The van der Waals surface area contributed by atoms with Crippen LogP contribution >= 0.6 is 11.8 Å². The van der Waals surface area contributed by atoms with E-state index < -0.39 is 0 Å². The molecule has 1 aliphatic rings. The third kappa shape index (κ3) is 6.05. The summed E-state index contributed by atoms with van der Waals surface area (Å²) in [6.07, 6.45) is 5.80. The molecule has 3 atom stereocenters. The Labute approximate surface area is 179 Å². The summed E-state index contributed by atoms with van der Waals surface area (Å²) >= 11 is 1.92. The van der Waals surface area contributed by atoms with Crippen molar-refractivity contribution >= 4 is 23.3 Å². The zero-order valence-corrected chi connectivity index (χ0v) is 18.2. The fourth-order valence-corrected chi connectivity index (χ4v) is 5.62. The van der Waals surface area contributed by atoms with E-state index in [1.54, 1.807) is 0 Å². The van der Waals surface area contributed by atoms with Gasteiger partial charge in [0.15, 0.2) is 5.78 Å². The fraction of sp³-hybridized carbons (Fsp3) is 0.462. The number of ketones is 2. The quantitative estimate of drug-likeness (QED) is 0.330. The van der Waals surface area contributed by atoms with Gasteiger partial charge in [0.1, 0.15) is 5.78 Å². The van der Waals surface area contributed by atoms with Gasteiger partial charge in [0.25, 0.3) is 0 Å². The number of unbranched alkanes of at least 4 members (excludes halogenated alkanes) is 1. The van der Waals surface area contributed by atoms with Gasteiger partial charge >= 0.3 is 0 Å². The smallest absolute Gasteiger partial charge is 0.163 e. The van der Waals surface area contributed by atoms with E-state index in [0.29, 0.717) is 12.2 Å². The highest BCUT2D eigenvalue weighted by Crippen LogP contribution is 2.39. The van der Waals surface area contributed by atoms with Crippen LogP contribution in [0.25, 0.3) is 0 Å². The van der Waals surface area contributed by atoms with Crippen molar-refractivity contribution in [3.63, 3.8) is 0 Å². The number of hydrogen-bond acceptors (Lipinski definition) is 3. The maximum atomic E-state index is 13.4. The molecule has 1 fully saturated rings. The number of carbonyl (C=O) groups is 2. The summed E-state index contributed by atoms with van der Waals surface area (Å²) in [6, 6.07) is 19.7. The molecule has 0 radical (unpaired) electrons. The van der Waals surface area contributed by atoms with Crippen molar-refractivity contribution in [3.8, 4) is 0 Å². The van der Waals surface area contributed by atoms with Gasteiger partial charge in [0, 0.05) is 35.5 Å². The Morgan fingerprint density at radius 3 is 2.41 bits per heavy atom. The first-order valence-electron chi connectivity index (χ1n) is 10.9. The SMILES string of the molecule is CCCCSCC1CCCC(C(CC(=O)c2ccccc2)c2ccccc2)C1=O. The maximum absolute atomic E-state index is 13.4. The lowest BCUT2D eigenvalue weighted by Gasteiger charge is -2.33. The van der Waals surface area contributed by atoms with Gasteiger partial charge in [0.05, 0.1) is 0 Å². The van der Waals surface area contributed by atoms with Crippen LogP contribution in [0.4, 0.5) is 0 Å². The highest BCUT2D eigenvalue weighted by atomic mass is 32.2. The molecule has 0 spiro atoms. The van der Waals surface area contributed by atoms with Crippen LogP contribution in [0.5, 0.6) is 0 Å². The summed E-state index contributed by atoms with van der Waals surface area (Å²) in [6.45, 7) is 2.20. The molecule has 0 bridgehead atoms. The summed E-state index contributed by atoms with van der Waals surface area (Å²) in [7, 11) is 0. The van der Waals surface area contributed by atoms with Crippen LogP contribution in [0.3, 0.4) is 0 Å². The molecule has 2 aromatic carbocycles. The van der Waals surface area contributed by atoms with E-state index in [2.05, 4.69) is 19.1 Å². The fourth-order valence-electron chi connectivity index (χ4n) is 4.34. The Morgan fingerprint density at radius 2 is 1.72 bits per heavy atom. The van der Waals surface area contributed by atoms with Gasteiger partial charge in [-0.3, -0.25) is 9.59 Å². The van der Waals surface area contributed by atoms with E-state index in [9.17, 15) is 9.59 Å². The van der Waals surface area contributed by atoms with Crippen molar-refractivity contribution in [2.24, 2.45) is 11.8 Å². The van der Waals surface area contributed by atoms with Crippen LogP contribution in [-0.4, -0.2) is 23.1 Å². The molecule has 0 heterocycles. The Kier molecular flexibility index (Phi) is 8.54. The Balaban J connectivity index is 1.76. The van der Waals surface area contributed by atoms with Crippen LogP contribution < -0.4 is 0 Å². The van der Waals surface area contributed by atoms with Crippen LogP contribution in [-0.2, 0) is 4.79 Å². The number of hydrogen-bond donors (Lipinski definition) is 0. The number of benzene rings is 2. The largest absolute Gasteiger partial charge is 0.299 e. The minimum atomic E-state index is -0.0458. The van der Waals surface area contributed by atoms with E-state index in [-0.39, 0.29) is 23.5 Å². The normalized spacial score (nSPS) is 20.4. The number of thioether (sulfide) groups is 1. The van der Waals surface area contributed by atoms with Crippen molar-refractivity contribution in [2.45, 2.75) is 51.4 Å². The lowest BCUT2D eigenvalue weighted by Crippen LogP contribution is -2.34. The molecule has 0 amide bonds. The average molecular weight is 409 g/mol. The summed E-state index contributed by atoms with van der Waals surface area (Å²) in [5, 5.41) is 0. The predicted octanol–water partition coefficient (Wildman–Crippen LogP) is 6.56. The second kappa shape index (κ2) is 11.3. The second-order valence-corrected chi connectivity index (χ2v) is 9.23. The van der Waals surface area contributed by atoms with Gasteiger partial charge in [-0.05, 0) is 30.6 Å². The standard InChI is InChI=1S/C26H32O2S/c1-2-3-17-29-19-22-15-10-16-23(26(22)28)24(20-11-6-4-7-12-20)18-25(27)21-13-8-5-9-14-21/h4-9,11-14,22-24H,2-3,10,15-19H2,1H3. The van der Waals surface area contributed by atoms with Crippen molar-refractivity contribution in [1.82, 2.24) is 0 Å². The number of rotatable bonds is 10. The highest BCUT2D eigenvalue weighted by molar-refractivity contribution is 7.99. The molecule has 3 heteroatoms. The molecule has 154 valence electrons. The van der Waals surface area contributed by atoms with Crippen molar-refractivity contribution in [1.29, 1.82) is 0 Å². The van der Waals surface area contributed by atoms with Gasteiger partial charge in [-0.1, -0.05) is 80.4 Å². The summed E-state index contributed by atoms with van der Waals surface area (Å²) < 4.78 is 0. The lowest BCUT2D eigenvalue weighted by molar-refractivity contribution is -0.129. The molecular formula is C26H32O2S. The van der Waals surface area contributed by atoms with Crippen LogP contribution in [0, 0.1) is 11.8 Å². The molecule has 0 N–H and O–H groups in total. The minimum Gasteiger partial charge on any atom is -0.299 e. The van der Waals surface area contributed by atoms with E-state index in [4.69, 9.17) is 0 Å². The lowest BCUT2D eigenvalue weighted by atomic mass is 9.70. The second-order valence-electron chi connectivity index (χ2n) is 8.08. The molecule has 2 aromatic rings. The Hall–Kier alpha value is -1.87. The summed E-state index contributed by atoms with van der Waals surface area (Å²) in [5.41, 5.74) is 1.86. The highest BCUT2D eigenvalue weighted by Gasteiger charge is 2.37. The predicted molar refractivity (Wildman–Crippen MR) is 123 cm³/mol. The number of carbonyl (C=O) groups excluding carboxylic acids is 2. The van der Waals surface area contributed by atoms with E-state index in [1.807, 2.05) is 60.3 Å².